The molecule has 1 N–H and O–H groups in total. The van der Waals surface area contributed by atoms with Crippen LogP contribution >= 0.6 is 7.82 Å². The minimum atomic E-state index is -4.51. The van der Waals surface area contributed by atoms with Crippen molar-refractivity contribution in [1.29, 1.82) is 0 Å². The van der Waals surface area contributed by atoms with Crippen molar-refractivity contribution in [2.45, 2.75) is 58.4 Å². The third kappa shape index (κ3) is 15.9. The van der Waals surface area contributed by atoms with Gasteiger partial charge in [-0.05, 0) is 55.7 Å². The van der Waals surface area contributed by atoms with Crippen LogP contribution in [0.3, 0.4) is 0 Å². The van der Waals surface area contributed by atoms with Gasteiger partial charge in [0.2, 0.25) is 0 Å². The van der Waals surface area contributed by atoms with Gasteiger partial charge in [0.1, 0.15) is 31.8 Å². The molecular weight excluding hydrogens is 743 g/mol. The van der Waals surface area contributed by atoms with Gasteiger partial charge in [0.15, 0.2) is 6.10 Å². The summed E-state index contributed by atoms with van der Waals surface area (Å²) in [6.07, 6.45) is 8.71. The maximum atomic E-state index is 12.2. The first-order chi connectivity index (χ1) is 26.6. The van der Waals surface area contributed by atoms with Crippen LogP contribution in [0.25, 0.3) is 23.1 Å². The van der Waals surface area contributed by atoms with Gasteiger partial charge >= 0.3 is 19.8 Å². The largest absolute Gasteiger partial charge is 0.472 e. The molecule has 0 aliphatic carbocycles. The number of carbonyl (C=O) groups is 4. The van der Waals surface area contributed by atoms with Gasteiger partial charge in [-0.25, -0.2) is 14.5 Å². The summed E-state index contributed by atoms with van der Waals surface area (Å²) in [5.41, 5.74) is 4.46. The highest BCUT2D eigenvalue weighted by Crippen LogP contribution is 2.43. The summed E-state index contributed by atoms with van der Waals surface area (Å²) < 4.78 is 49.9. The van der Waals surface area contributed by atoms with Crippen LogP contribution in [-0.2, 0) is 76.2 Å². The van der Waals surface area contributed by atoms with Crippen LogP contribution in [-0.4, -0.2) is 105 Å². The van der Waals surface area contributed by atoms with E-state index in [1.807, 2.05) is 31.3 Å². The highest BCUT2D eigenvalue weighted by molar-refractivity contribution is 7.47. The number of phosphoric ester groups is 1. The predicted molar refractivity (Wildman–Crippen MR) is 192 cm³/mol. The molecule has 0 fully saturated rings. The normalized spacial score (nSPS) is 13.0. The topological polar surface area (TPSA) is 232 Å². The number of carbonyl (C=O) groups excluding carboxylic acids is 4. The lowest BCUT2D eigenvalue weighted by molar-refractivity contribution is -0.145. The standard InChI is InChI=1S/C35H43N6O13P/c1-27-18-30(37-24-36-27)8-6-28-7-9-33-29(19-28)10-11-40(33)12-13-41-20-31(38-39-41)21-51-35(45)4-2-14-48-16-17-50-34(44)5-3-15-53-55(46,47)54-23-32(52-26-43)22-49-25-42/h6-11,18-20,24-26,32H,2-5,12-17,21-23H2,1H3,(H,46,47)/b8-6+. The van der Waals surface area contributed by atoms with E-state index in [2.05, 4.69) is 58.6 Å². The van der Waals surface area contributed by atoms with Crippen LogP contribution < -0.4 is 0 Å². The number of hydrogen-bond donors (Lipinski definition) is 1. The summed E-state index contributed by atoms with van der Waals surface area (Å²) in [5.74, 6) is -0.982. The third-order valence-corrected chi connectivity index (χ3v) is 8.55. The highest BCUT2D eigenvalue weighted by atomic mass is 31.2. The number of phosphoric acid groups is 1. The number of rotatable bonds is 27. The first-order valence-electron chi connectivity index (χ1n) is 17.2. The van der Waals surface area contributed by atoms with Gasteiger partial charge in [-0.15, -0.1) is 5.10 Å². The Bertz CT molecular complexity index is 1920. The number of aryl methyl sites for hydroxylation is 3. The molecule has 0 saturated heterocycles. The molecule has 296 valence electrons. The summed E-state index contributed by atoms with van der Waals surface area (Å²) in [4.78, 5) is 62.8. The van der Waals surface area contributed by atoms with E-state index in [-0.39, 0.29) is 71.8 Å². The molecule has 0 spiro atoms. The number of ether oxygens (including phenoxy) is 5. The van der Waals surface area contributed by atoms with Crippen molar-refractivity contribution in [2.75, 3.05) is 39.6 Å². The van der Waals surface area contributed by atoms with E-state index in [1.54, 1.807) is 17.2 Å². The van der Waals surface area contributed by atoms with Gasteiger partial charge in [-0.2, -0.15) is 0 Å². The number of hydrogen-bond acceptors (Lipinski definition) is 16. The predicted octanol–water partition coefficient (Wildman–Crippen LogP) is 3.21. The van der Waals surface area contributed by atoms with E-state index >= 15 is 0 Å². The molecule has 0 saturated carbocycles. The van der Waals surface area contributed by atoms with Crippen molar-refractivity contribution in [3.8, 4) is 0 Å². The first kappa shape index (κ1) is 42.4. The molecule has 3 aromatic heterocycles. The monoisotopic (exact) mass is 786 g/mol. The molecule has 0 amide bonds. The van der Waals surface area contributed by atoms with Crippen LogP contribution in [0.4, 0.5) is 0 Å². The first-order valence-corrected chi connectivity index (χ1v) is 18.7. The fourth-order valence-electron chi connectivity index (χ4n) is 4.89. The average molecular weight is 787 g/mol. The molecule has 0 aliphatic rings. The third-order valence-electron chi connectivity index (χ3n) is 7.57. The summed E-state index contributed by atoms with van der Waals surface area (Å²) >= 11 is 0. The van der Waals surface area contributed by atoms with Gasteiger partial charge in [0, 0.05) is 48.8 Å². The van der Waals surface area contributed by atoms with Gasteiger partial charge in [0.25, 0.3) is 12.9 Å². The number of benzene rings is 1. The molecule has 0 aliphatic heterocycles. The molecule has 20 heteroatoms. The van der Waals surface area contributed by atoms with E-state index < -0.39 is 32.5 Å². The molecule has 4 aromatic rings. The molecular formula is C35H43N6O13P. The zero-order chi connectivity index (χ0) is 39.3. The fourth-order valence-corrected chi connectivity index (χ4v) is 5.68. The molecule has 1 aromatic carbocycles. The maximum absolute atomic E-state index is 12.2. The second-order valence-corrected chi connectivity index (χ2v) is 13.3. The summed E-state index contributed by atoms with van der Waals surface area (Å²) in [6, 6.07) is 10.3. The van der Waals surface area contributed by atoms with Crippen molar-refractivity contribution in [1.82, 2.24) is 29.5 Å². The van der Waals surface area contributed by atoms with Gasteiger partial charge in [0.05, 0.1) is 38.3 Å². The number of fused-ring (bicyclic) bond motifs is 1. The van der Waals surface area contributed by atoms with Crippen molar-refractivity contribution in [2.24, 2.45) is 0 Å². The van der Waals surface area contributed by atoms with Crippen LogP contribution in [0.1, 0.15) is 48.3 Å². The van der Waals surface area contributed by atoms with Crippen LogP contribution in [0, 0.1) is 6.92 Å². The van der Waals surface area contributed by atoms with Gasteiger partial charge in [-0.3, -0.25) is 32.9 Å². The second kappa shape index (κ2) is 22.8. The van der Waals surface area contributed by atoms with E-state index in [4.69, 9.17) is 23.3 Å². The highest BCUT2D eigenvalue weighted by Gasteiger charge is 2.24. The zero-order valence-electron chi connectivity index (χ0n) is 30.2. The summed E-state index contributed by atoms with van der Waals surface area (Å²) in [7, 11) is -4.51. The van der Waals surface area contributed by atoms with Crippen molar-refractivity contribution >= 4 is 55.8 Å². The molecule has 3 heterocycles. The van der Waals surface area contributed by atoms with E-state index in [0.717, 1.165) is 27.9 Å². The number of esters is 2. The van der Waals surface area contributed by atoms with E-state index in [9.17, 15) is 28.6 Å². The molecule has 0 bridgehead atoms. The van der Waals surface area contributed by atoms with Crippen molar-refractivity contribution < 1.29 is 61.4 Å². The molecule has 55 heavy (non-hydrogen) atoms. The summed E-state index contributed by atoms with van der Waals surface area (Å²) in [5, 5.41) is 9.36. The molecule has 19 nitrogen and oxygen atoms in total. The number of nitrogens with zero attached hydrogens (tertiary/aromatic N) is 6. The fraction of sp³-hybridized carbons (Fsp3) is 0.429. The molecule has 0 radical (unpaired) electrons. The van der Waals surface area contributed by atoms with Crippen LogP contribution in [0.15, 0.2) is 49.1 Å². The lowest BCUT2D eigenvalue weighted by Crippen LogP contribution is -2.24. The van der Waals surface area contributed by atoms with Crippen molar-refractivity contribution in [3.05, 3.63) is 71.7 Å². The lowest BCUT2D eigenvalue weighted by atomic mass is 10.1. The molecule has 2 unspecified atom stereocenters. The summed E-state index contributed by atoms with van der Waals surface area (Å²) in [6.45, 7) is 2.48. The number of aromatic nitrogens is 6. The Hall–Kier alpha value is -5.33. The Kier molecular flexibility index (Phi) is 17.6. The average Bonchev–Trinajstić information content (AvgIpc) is 3.81. The minimum absolute atomic E-state index is 0.00434. The zero-order valence-corrected chi connectivity index (χ0v) is 31.1. The Morgan fingerprint density at radius 2 is 1.73 bits per heavy atom. The SMILES string of the molecule is Cc1cc(/C=C/c2ccc3c(ccn3CCn3cc(COC(=O)CCCOCCOC(=O)CCCOP(=O)(O)OCC(COC=O)OC=O)nn3)c2)ncn1. The molecule has 2 atom stereocenters. The van der Waals surface area contributed by atoms with Gasteiger partial charge < -0.3 is 33.1 Å². The smallest absolute Gasteiger partial charge is 0.464 e. The Balaban J connectivity index is 1.01. The van der Waals surface area contributed by atoms with Gasteiger partial charge in [-0.1, -0.05) is 17.4 Å². The van der Waals surface area contributed by atoms with Crippen LogP contribution in [0.5, 0.6) is 0 Å². The van der Waals surface area contributed by atoms with Crippen molar-refractivity contribution in [3.63, 3.8) is 0 Å². The Labute approximate surface area is 316 Å². The van der Waals surface area contributed by atoms with E-state index in [1.165, 1.54) is 0 Å². The lowest BCUT2D eigenvalue weighted by Gasteiger charge is -2.16. The minimum Gasteiger partial charge on any atom is -0.464 e. The Morgan fingerprint density at radius 3 is 2.53 bits per heavy atom. The van der Waals surface area contributed by atoms with E-state index in [0.29, 0.717) is 25.2 Å². The second-order valence-electron chi connectivity index (χ2n) is 11.8. The Morgan fingerprint density at radius 1 is 0.909 bits per heavy atom. The quantitative estimate of drug-likeness (QED) is 0.0301. The maximum Gasteiger partial charge on any atom is 0.472 e. The van der Waals surface area contributed by atoms with Crippen LogP contribution in [0.2, 0.25) is 0 Å². The molecule has 4 rings (SSSR count).